The van der Waals surface area contributed by atoms with Gasteiger partial charge in [0.05, 0.1) is 0 Å². The van der Waals surface area contributed by atoms with Gasteiger partial charge >= 0.3 is 0 Å². The molecule has 0 bridgehead atoms. The second-order valence-electron chi connectivity index (χ2n) is 5.21. The predicted molar refractivity (Wildman–Crippen MR) is 85.0 cm³/mol. The van der Waals surface area contributed by atoms with Crippen LogP contribution in [0, 0.1) is 5.82 Å². The van der Waals surface area contributed by atoms with Crippen molar-refractivity contribution in [3.8, 4) is 0 Å². The SMILES string of the molecule is CC(N)Cc1cc(F)ccc1N(C)CCc1cccs1. The molecule has 4 heteroatoms. The number of benzene rings is 1. The largest absolute Gasteiger partial charge is 0.374 e. The molecule has 0 radical (unpaired) electrons. The molecule has 0 aliphatic carbocycles. The van der Waals surface area contributed by atoms with E-state index in [4.69, 9.17) is 5.73 Å². The molecule has 0 aliphatic heterocycles. The topological polar surface area (TPSA) is 29.3 Å². The second kappa shape index (κ2) is 6.86. The van der Waals surface area contributed by atoms with Crippen molar-refractivity contribution in [2.45, 2.75) is 25.8 Å². The minimum atomic E-state index is -0.198. The van der Waals surface area contributed by atoms with Crippen LogP contribution in [0.15, 0.2) is 35.7 Å². The number of halogens is 1. The molecule has 0 saturated carbocycles. The molecule has 2 aromatic rings. The van der Waals surface area contributed by atoms with Gasteiger partial charge in [-0.1, -0.05) is 6.07 Å². The molecule has 2 nitrogen and oxygen atoms in total. The smallest absolute Gasteiger partial charge is 0.123 e. The van der Waals surface area contributed by atoms with Crippen molar-refractivity contribution in [1.82, 2.24) is 0 Å². The van der Waals surface area contributed by atoms with Crippen LogP contribution in [-0.2, 0) is 12.8 Å². The Kier molecular flexibility index (Phi) is 5.15. The Labute approximate surface area is 124 Å². The summed E-state index contributed by atoms with van der Waals surface area (Å²) in [5, 5.41) is 2.09. The lowest BCUT2D eigenvalue weighted by atomic mass is 10.0. The Bertz CT molecular complexity index is 537. The summed E-state index contributed by atoms with van der Waals surface area (Å²) in [6.45, 7) is 2.86. The number of nitrogens with two attached hydrogens (primary N) is 1. The number of hydrogen-bond donors (Lipinski definition) is 1. The van der Waals surface area contributed by atoms with E-state index in [1.165, 1.54) is 10.9 Å². The van der Waals surface area contributed by atoms with E-state index in [1.54, 1.807) is 17.4 Å². The standard InChI is InChI=1S/C16H21FN2S/c1-12(18)10-13-11-14(17)5-6-16(13)19(2)8-7-15-4-3-9-20-15/h3-6,9,11-12H,7-8,10,18H2,1-2H3. The van der Waals surface area contributed by atoms with Gasteiger partial charge in [0.15, 0.2) is 0 Å². The van der Waals surface area contributed by atoms with Gasteiger partial charge < -0.3 is 10.6 Å². The highest BCUT2D eigenvalue weighted by molar-refractivity contribution is 7.09. The fraction of sp³-hybridized carbons (Fsp3) is 0.375. The van der Waals surface area contributed by atoms with Crippen LogP contribution in [0.25, 0.3) is 0 Å². The van der Waals surface area contributed by atoms with Crippen LogP contribution in [0.5, 0.6) is 0 Å². The van der Waals surface area contributed by atoms with Crippen molar-refractivity contribution in [1.29, 1.82) is 0 Å². The molecule has 0 amide bonds. The molecule has 0 fully saturated rings. The van der Waals surface area contributed by atoms with Gasteiger partial charge in [-0.25, -0.2) is 4.39 Å². The zero-order chi connectivity index (χ0) is 14.5. The van der Waals surface area contributed by atoms with Gasteiger partial charge in [-0.2, -0.15) is 0 Å². The number of anilines is 1. The highest BCUT2D eigenvalue weighted by atomic mass is 32.1. The Morgan fingerprint density at radius 2 is 2.15 bits per heavy atom. The first kappa shape index (κ1) is 15.0. The molecule has 2 rings (SSSR count). The third-order valence-electron chi connectivity index (χ3n) is 3.27. The number of nitrogens with zero attached hydrogens (tertiary/aromatic N) is 1. The van der Waals surface area contributed by atoms with Gasteiger partial charge in [0, 0.05) is 30.2 Å². The lowest BCUT2D eigenvalue weighted by molar-refractivity contribution is 0.622. The molecule has 1 heterocycles. The maximum Gasteiger partial charge on any atom is 0.123 e. The molecule has 2 N–H and O–H groups in total. The van der Waals surface area contributed by atoms with Crippen LogP contribution in [0.1, 0.15) is 17.4 Å². The molecule has 0 aliphatic rings. The lowest BCUT2D eigenvalue weighted by Crippen LogP contribution is -2.24. The summed E-state index contributed by atoms with van der Waals surface area (Å²) in [4.78, 5) is 3.55. The number of likely N-dealkylation sites (N-methyl/N-ethyl adjacent to an activating group) is 1. The van der Waals surface area contributed by atoms with Crippen LogP contribution < -0.4 is 10.6 Å². The minimum Gasteiger partial charge on any atom is -0.374 e. The number of thiophene rings is 1. The fourth-order valence-electron chi connectivity index (χ4n) is 2.29. The number of rotatable bonds is 6. The monoisotopic (exact) mass is 292 g/mol. The Hall–Kier alpha value is -1.39. The third kappa shape index (κ3) is 4.05. The van der Waals surface area contributed by atoms with Gasteiger partial charge in [0.2, 0.25) is 0 Å². The maximum atomic E-state index is 13.4. The van der Waals surface area contributed by atoms with Crippen molar-refractivity contribution < 1.29 is 4.39 Å². The van der Waals surface area contributed by atoms with Crippen molar-refractivity contribution in [3.63, 3.8) is 0 Å². The molecule has 108 valence electrons. The summed E-state index contributed by atoms with van der Waals surface area (Å²) < 4.78 is 13.4. The molecule has 1 aromatic carbocycles. The Morgan fingerprint density at radius 3 is 2.80 bits per heavy atom. The highest BCUT2D eigenvalue weighted by Crippen LogP contribution is 2.22. The average Bonchev–Trinajstić information content (AvgIpc) is 2.88. The first-order chi connectivity index (χ1) is 9.56. The van der Waals surface area contributed by atoms with E-state index < -0.39 is 0 Å². The van der Waals surface area contributed by atoms with Gasteiger partial charge in [0.25, 0.3) is 0 Å². The van der Waals surface area contributed by atoms with Crippen LogP contribution in [-0.4, -0.2) is 19.6 Å². The molecular weight excluding hydrogens is 271 g/mol. The molecule has 0 saturated heterocycles. The molecule has 1 unspecified atom stereocenters. The zero-order valence-corrected chi connectivity index (χ0v) is 12.8. The average molecular weight is 292 g/mol. The van der Waals surface area contributed by atoms with E-state index in [9.17, 15) is 4.39 Å². The van der Waals surface area contributed by atoms with E-state index in [1.807, 2.05) is 20.0 Å². The molecule has 1 aromatic heterocycles. The Morgan fingerprint density at radius 1 is 1.35 bits per heavy atom. The first-order valence-electron chi connectivity index (χ1n) is 6.84. The quantitative estimate of drug-likeness (QED) is 0.883. The molecular formula is C16H21FN2S. The molecule has 0 spiro atoms. The normalized spacial score (nSPS) is 12.4. The number of hydrogen-bond acceptors (Lipinski definition) is 3. The summed E-state index contributed by atoms with van der Waals surface area (Å²) in [6.07, 6.45) is 1.69. The van der Waals surface area contributed by atoms with Crippen LogP contribution in [0.2, 0.25) is 0 Å². The highest BCUT2D eigenvalue weighted by Gasteiger charge is 2.10. The van der Waals surface area contributed by atoms with Crippen molar-refractivity contribution in [2.24, 2.45) is 5.73 Å². The fourth-order valence-corrected chi connectivity index (χ4v) is 2.99. The van der Waals surface area contributed by atoms with Crippen molar-refractivity contribution >= 4 is 17.0 Å². The van der Waals surface area contributed by atoms with E-state index in [0.717, 1.165) is 24.2 Å². The van der Waals surface area contributed by atoms with Gasteiger partial charge in [-0.15, -0.1) is 11.3 Å². The molecule has 20 heavy (non-hydrogen) atoms. The zero-order valence-electron chi connectivity index (χ0n) is 12.0. The van der Waals surface area contributed by atoms with E-state index in [2.05, 4.69) is 22.4 Å². The minimum absolute atomic E-state index is 0.0289. The summed E-state index contributed by atoms with van der Waals surface area (Å²) in [6, 6.07) is 9.20. The van der Waals surface area contributed by atoms with E-state index in [0.29, 0.717) is 6.42 Å². The van der Waals surface area contributed by atoms with Crippen LogP contribution in [0.3, 0.4) is 0 Å². The summed E-state index contributed by atoms with van der Waals surface area (Å²) in [7, 11) is 2.05. The van der Waals surface area contributed by atoms with Crippen molar-refractivity contribution in [3.05, 3.63) is 52.0 Å². The van der Waals surface area contributed by atoms with E-state index in [-0.39, 0.29) is 11.9 Å². The maximum absolute atomic E-state index is 13.4. The van der Waals surface area contributed by atoms with Crippen LogP contribution >= 0.6 is 11.3 Å². The Balaban J connectivity index is 2.09. The van der Waals surface area contributed by atoms with Crippen LogP contribution in [0.4, 0.5) is 10.1 Å². The summed E-state index contributed by atoms with van der Waals surface area (Å²) in [5.41, 5.74) is 7.91. The van der Waals surface area contributed by atoms with Gasteiger partial charge in [-0.3, -0.25) is 0 Å². The summed E-state index contributed by atoms with van der Waals surface area (Å²) in [5.74, 6) is -0.198. The molecule has 1 atom stereocenters. The van der Waals surface area contributed by atoms with Crippen molar-refractivity contribution in [2.75, 3.05) is 18.5 Å². The van der Waals surface area contributed by atoms with E-state index >= 15 is 0 Å². The lowest BCUT2D eigenvalue weighted by Gasteiger charge is -2.23. The van der Waals surface area contributed by atoms with Gasteiger partial charge in [0.1, 0.15) is 5.82 Å². The van der Waals surface area contributed by atoms with Gasteiger partial charge in [-0.05, 0) is 55.0 Å². The second-order valence-corrected chi connectivity index (χ2v) is 6.24. The predicted octanol–water partition coefficient (Wildman–Crippen LogP) is 3.46. The third-order valence-corrected chi connectivity index (χ3v) is 4.20. The first-order valence-corrected chi connectivity index (χ1v) is 7.71. The summed E-state index contributed by atoms with van der Waals surface area (Å²) >= 11 is 1.77.